The Morgan fingerprint density at radius 1 is 1.26 bits per heavy atom. The third-order valence-electron chi connectivity index (χ3n) is 2.02. The Morgan fingerprint density at radius 2 is 1.79 bits per heavy atom. The maximum atomic E-state index is 11.3. The first-order valence-electron chi connectivity index (χ1n) is 5.21. The third-order valence-corrected chi connectivity index (χ3v) is 2.88. The summed E-state index contributed by atoms with van der Waals surface area (Å²) in [7, 11) is -3.67. The Hall–Kier alpha value is -1.38. The minimum absolute atomic E-state index is 0.0937. The molecule has 1 aromatic rings. The molecule has 0 bridgehead atoms. The molecule has 2 rings (SSSR count). The molecule has 1 aliphatic heterocycles. The van der Waals surface area contributed by atoms with Crippen molar-refractivity contribution >= 4 is 33.0 Å². The van der Waals surface area contributed by atoms with E-state index < -0.39 is 10.1 Å². The number of thioether (sulfide) groups is 1. The number of hydrogen-bond donors (Lipinski definition) is 1. The lowest BCUT2D eigenvalue weighted by atomic mass is 10.2. The molecule has 1 heterocycles. The fourth-order valence-corrected chi connectivity index (χ4v) is 2.02. The minimum atomic E-state index is -3.67. The lowest BCUT2D eigenvalue weighted by Crippen LogP contribution is -2.27. The molecule has 0 aromatic heterocycles. The Bertz CT molecular complexity index is 532. The molecule has 1 N–H and O–H groups in total. The van der Waals surface area contributed by atoms with Crippen LogP contribution >= 0.6 is 11.8 Å². The van der Waals surface area contributed by atoms with E-state index in [9.17, 15) is 18.0 Å². The Balaban J connectivity index is 0.000000312. The van der Waals surface area contributed by atoms with E-state index in [4.69, 9.17) is 4.55 Å². The van der Waals surface area contributed by atoms with E-state index >= 15 is 0 Å². The second-order valence-electron chi connectivity index (χ2n) is 3.75. The van der Waals surface area contributed by atoms with Gasteiger partial charge in [0.05, 0.1) is 18.6 Å². The third kappa shape index (κ3) is 6.37. The molecule has 8 heteroatoms. The average molecular weight is 303 g/mol. The van der Waals surface area contributed by atoms with Gasteiger partial charge < -0.3 is 0 Å². The predicted octanol–water partition coefficient (Wildman–Crippen LogP) is 1.39. The molecule has 0 saturated carbocycles. The van der Waals surface area contributed by atoms with Crippen molar-refractivity contribution in [3.63, 3.8) is 0 Å². The lowest BCUT2D eigenvalue weighted by Gasteiger charge is -2.11. The van der Waals surface area contributed by atoms with Crippen molar-refractivity contribution < 1.29 is 22.6 Å². The van der Waals surface area contributed by atoms with Crippen LogP contribution in [0.1, 0.15) is 5.56 Å². The maximum Gasteiger partial charge on any atom is 0.289 e. The molecule has 0 spiro atoms. The van der Waals surface area contributed by atoms with E-state index in [1.54, 1.807) is 0 Å². The zero-order chi connectivity index (χ0) is 14.5. The van der Waals surface area contributed by atoms with Crippen molar-refractivity contribution in [1.29, 1.82) is 0 Å². The first-order valence-corrected chi connectivity index (χ1v) is 8.04. The van der Waals surface area contributed by atoms with Crippen LogP contribution in [0, 0.1) is 0 Å². The zero-order valence-corrected chi connectivity index (χ0v) is 11.8. The van der Waals surface area contributed by atoms with E-state index in [1.165, 1.54) is 4.90 Å². The molecule has 0 unspecified atom stereocenters. The molecule has 19 heavy (non-hydrogen) atoms. The van der Waals surface area contributed by atoms with Gasteiger partial charge >= 0.3 is 0 Å². The highest BCUT2D eigenvalue weighted by atomic mass is 32.2. The van der Waals surface area contributed by atoms with E-state index in [0.717, 1.165) is 17.3 Å². The molecule has 1 aromatic carbocycles. The number of nitrogens with zero attached hydrogens (tertiary/aromatic N) is 1. The Labute approximate surface area is 115 Å². The van der Waals surface area contributed by atoms with Gasteiger partial charge in [-0.3, -0.25) is 19.0 Å². The number of imide groups is 1. The van der Waals surface area contributed by atoms with E-state index in [1.807, 2.05) is 30.3 Å². The molecule has 104 valence electrons. The maximum absolute atomic E-state index is 11.3. The highest BCUT2D eigenvalue weighted by Gasteiger charge is 2.29. The van der Waals surface area contributed by atoms with Gasteiger partial charge in [-0.25, -0.2) is 0 Å². The molecule has 0 radical (unpaired) electrons. The first-order chi connectivity index (χ1) is 8.77. The number of carbonyl (C=O) groups excluding carboxylic acids is 2. The number of carbonyl (C=O) groups is 2. The topological polar surface area (TPSA) is 91.7 Å². The second kappa shape index (κ2) is 6.69. The van der Waals surface area contributed by atoms with Gasteiger partial charge in [-0.05, 0) is 5.56 Å². The van der Waals surface area contributed by atoms with Gasteiger partial charge in [-0.1, -0.05) is 42.1 Å². The van der Waals surface area contributed by atoms with Crippen LogP contribution in [0.3, 0.4) is 0 Å². The van der Waals surface area contributed by atoms with E-state index in [0.29, 0.717) is 12.8 Å². The summed E-state index contributed by atoms with van der Waals surface area (Å²) < 4.78 is 25.9. The van der Waals surface area contributed by atoms with Crippen molar-refractivity contribution in [3.05, 3.63) is 35.9 Å². The van der Waals surface area contributed by atoms with Crippen molar-refractivity contribution in [3.8, 4) is 0 Å². The summed E-state index contributed by atoms with van der Waals surface area (Å²) in [5.41, 5.74) is 0.983. The van der Waals surface area contributed by atoms with Gasteiger partial charge in [-0.15, -0.1) is 0 Å². The van der Waals surface area contributed by atoms with Crippen LogP contribution in [0.4, 0.5) is 4.79 Å². The molecular formula is C11H13NO5S2. The summed E-state index contributed by atoms with van der Waals surface area (Å²) in [5.74, 6) is 0.190. The number of benzene rings is 1. The summed E-state index contributed by atoms with van der Waals surface area (Å²) in [4.78, 5) is 23.8. The zero-order valence-electron chi connectivity index (χ0n) is 10.1. The Morgan fingerprint density at radius 3 is 2.21 bits per heavy atom. The predicted molar refractivity (Wildman–Crippen MR) is 72.3 cm³/mol. The van der Waals surface area contributed by atoms with Crippen molar-refractivity contribution in [1.82, 2.24) is 4.90 Å². The SMILES string of the molecule is CS(=O)(=O)O.O=C1CSC(=O)N1Cc1ccccc1. The van der Waals surface area contributed by atoms with Gasteiger partial charge in [-0.2, -0.15) is 8.42 Å². The Kier molecular flexibility index (Phi) is 5.52. The first kappa shape index (κ1) is 15.7. The lowest BCUT2D eigenvalue weighted by molar-refractivity contribution is -0.125. The summed E-state index contributed by atoms with van der Waals surface area (Å²) in [6.07, 6.45) is 0.715. The van der Waals surface area contributed by atoms with Crippen LogP contribution in [-0.2, 0) is 21.5 Å². The number of amides is 2. The van der Waals surface area contributed by atoms with Crippen molar-refractivity contribution in [2.75, 3.05) is 12.0 Å². The van der Waals surface area contributed by atoms with Crippen LogP contribution in [0.5, 0.6) is 0 Å². The molecular weight excluding hydrogens is 290 g/mol. The van der Waals surface area contributed by atoms with E-state index in [-0.39, 0.29) is 16.9 Å². The molecule has 6 nitrogen and oxygen atoms in total. The van der Waals surface area contributed by atoms with Crippen molar-refractivity contribution in [2.24, 2.45) is 0 Å². The second-order valence-corrected chi connectivity index (χ2v) is 6.15. The summed E-state index contributed by atoms with van der Waals surface area (Å²) in [5, 5.41) is -0.140. The number of rotatable bonds is 2. The van der Waals surface area contributed by atoms with Crippen LogP contribution in [0.2, 0.25) is 0 Å². The normalized spacial score (nSPS) is 15.2. The standard InChI is InChI=1S/C10H9NO2S.CH4O3S/c12-9-7-14-10(13)11(9)6-8-4-2-1-3-5-8;1-5(2,3)4/h1-5H,6-7H2;1H3,(H,2,3,4). The molecule has 1 saturated heterocycles. The van der Waals surface area contributed by atoms with Crippen LogP contribution in [0.15, 0.2) is 30.3 Å². The number of hydrogen-bond acceptors (Lipinski definition) is 5. The van der Waals surface area contributed by atoms with Crippen LogP contribution < -0.4 is 0 Å². The van der Waals surface area contributed by atoms with Gasteiger partial charge in [0.2, 0.25) is 5.91 Å². The minimum Gasteiger partial charge on any atom is -0.286 e. The van der Waals surface area contributed by atoms with E-state index in [2.05, 4.69) is 0 Å². The monoisotopic (exact) mass is 303 g/mol. The highest BCUT2D eigenvalue weighted by Crippen LogP contribution is 2.20. The van der Waals surface area contributed by atoms with Gasteiger partial charge in [0.15, 0.2) is 0 Å². The quantitative estimate of drug-likeness (QED) is 0.830. The summed E-state index contributed by atoms with van der Waals surface area (Å²) >= 11 is 1.07. The smallest absolute Gasteiger partial charge is 0.286 e. The van der Waals surface area contributed by atoms with Gasteiger partial charge in [0.1, 0.15) is 0 Å². The average Bonchev–Trinajstić information content (AvgIpc) is 2.60. The van der Waals surface area contributed by atoms with Crippen LogP contribution in [0.25, 0.3) is 0 Å². The van der Waals surface area contributed by atoms with Crippen LogP contribution in [-0.4, -0.2) is 41.0 Å². The van der Waals surface area contributed by atoms with Crippen molar-refractivity contribution in [2.45, 2.75) is 6.54 Å². The van der Waals surface area contributed by atoms with Gasteiger partial charge in [0, 0.05) is 0 Å². The molecule has 1 aliphatic rings. The molecule has 1 fully saturated rings. The highest BCUT2D eigenvalue weighted by molar-refractivity contribution is 8.14. The largest absolute Gasteiger partial charge is 0.289 e. The fraction of sp³-hybridized carbons (Fsp3) is 0.273. The molecule has 0 atom stereocenters. The molecule has 0 aliphatic carbocycles. The fourth-order valence-electron chi connectivity index (χ4n) is 1.30. The molecule has 2 amide bonds. The van der Waals surface area contributed by atoms with Gasteiger partial charge in [0.25, 0.3) is 15.4 Å². The summed E-state index contributed by atoms with van der Waals surface area (Å²) in [6.45, 7) is 0.394. The summed E-state index contributed by atoms with van der Waals surface area (Å²) in [6, 6.07) is 9.51.